The van der Waals surface area contributed by atoms with Crippen LogP contribution in [0.3, 0.4) is 0 Å². The first-order valence-electron chi connectivity index (χ1n) is 9.09. The van der Waals surface area contributed by atoms with Crippen molar-refractivity contribution in [1.82, 2.24) is 4.98 Å². The van der Waals surface area contributed by atoms with Gasteiger partial charge in [-0.1, -0.05) is 23.3 Å². The Balaban J connectivity index is 2.09. The molecule has 0 aliphatic carbocycles. The van der Waals surface area contributed by atoms with Crippen molar-refractivity contribution in [2.75, 3.05) is 13.2 Å². The van der Waals surface area contributed by atoms with Crippen molar-refractivity contribution in [3.05, 3.63) is 58.7 Å². The first kappa shape index (κ1) is 18.2. The van der Waals surface area contributed by atoms with E-state index in [4.69, 9.17) is 10.5 Å². The van der Waals surface area contributed by atoms with Crippen LogP contribution in [-0.4, -0.2) is 24.1 Å². The van der Waals surface area contributed by atoms with Gasteiger partial charge >= 0.3 is 5.97 Å². The molecule has 1 aromatic heterocycles. The average Bonchev–Trinajstić information content (AvgIpc) is 2.93. The topological polar surface area (TPSA) is 68.1 Å². The lowest BCUT2D eigenvalue weighted by Gasteiger charge is -2.07. The molecule has 26 heavy (non-hydrogen) atoms. The molecule has 0 radical (unpaired) electrons. The van der Waals surface area contributed by atoms with E-state index >= 15 is 0 Å². The lowest BCUT2D eigenvalue weighted by Crippen LogP contribution is -2.07. The highest BCUT2D eigenvalue weighted by Crippen LogP contribution is 2.32. The van der Waals surface area contributed by atoms with Gasteiger partial charge in [0.1, 0.15) is 0 Å². The van der Waals surface area contributed by atoms with E-state index < -0.39 is 0 Å². The first-order chi connectivity index (χ1) is 12.5. The summed E-state index contributed by atoms with van der Waals surface area (Å²) in [7, 11) is 0. The van der Waals surface area contributed by atoms with E-state index in [1.807, 2.05) is 19.1 Å². The van der Waals surface area contributed by atoms with E-state index in [9.17, 15) is 4.79 Å². The molecule has 0 unspecified atom stereocenters. The molecule has 0 aliphatic heterocycles. The summed E-state index contributed by atoms with van der Waals surface area (Å²) in [5.41, 5.74) is 13.9. The summed E-state index contributed by atoms with van der Waals surface area (Å²) in [6.45, 7) is 7.02. The molecular weight excluding hydrogens is 324 g/mol. The van der Waals surface area contributed by atoms with Crippen LogP contribution >= 0.6 is 0 Å². The van der Waals surface area contributed by atoms with Gasteiger partial charge in [-0.05, 0) is 74.7 Å². The number of aromatic nitrogens is 1. The highest BCUT2D eigenvalue weighted by atomic mass is 16.5. The fourth-order valence-electron chi connectivity index (χ4n) is 3.55. The molecule has 136 valence electrons. The molecule has 0 saturated carbocycles. The van der Waals surface area contributed by atoms with Gasteiger partial charge in [0.25, 0.3) is 0 Å². The maximum atomic E-state index is 11.8. The second kappa shape index (κ2) is 7.75. The number of benzene rings is 2. The fraction of sp³-hybridized carbons (Fsp3) is 0.318. The molecule has 1 heterocycles. The summed E-state index contributed by atoms with van der Waals surface area (Å²) in [6, 6.07) is 12.7. The summed E-state index contributed by atoms with van der Waals surface area (Å²) >= 11 is 0. The Labute approximate surface area is 154 Å². The van der Waals surface area contributed by atoms with Gasteiger partial charge < -0.3 is 15.5 Å². The van der Waals surface area contributed by atoms with Gasteiger partial charge in [-0.25, -0.2) is 0 Å². The molecule has 0 atom stereocenters. The Hall–Kier alpha value is -2.59. The van der Waals surface area contributed by atoms with Crippen molar-refractivity contribution in [2.24, 2.45) is 5.73 Å². The van der Waals surface area contributed by atoms with E-state index in [1.54, 1.807) is 0 Å². The lowest BCUT2D eigenvalue weighted by molar-refractivity contribution is -0.142. The van der Waals surface area contributed by atoms with Gasteiger partial charge in [0.15, 0.2) is 0 Å². The number of nitrogens with two attached hydrogens (primary N) is 1. The maximum Gasteiger partial charge on any atom is 0.310 e. The summed E-state index contributed by atoms with van der Waals surface area (Å²) in [4.78, 5) is 15.4. The third-order valence-electron chi connectivity index (χ3n) is 4.53. The third-order valence-corrected chi connectivity index (χ3v) is 4.53. The molecule has 0 saturated heterocycles. The summed E-state index contributed by atoms with van der Waals surface area (Å²) in [5.74, 6) is -0.197. The molecule has 4 nitrogen and oxygen atoms in total. The van der Waals surface area contributed by atoms with Crippen LogP contribution in [0.1, 0.15) is 29.2 Å². The molecule has 0 bridgehead atoms. The zero-order valence-electron chi connectivity index (χ0n) is 15.7. The number of rotatable bonds is 6. The van der Waals surface area contributed by atoms with Crippen LogP contribution in [-0.2, 0) is 22.4 Å². The minimum absolute atomic E-state index is 0.197. The molecule has 4 heteroatoms. The molecule has 2 aromatic carbocycles. The number of carbonyl (C=O) groups is 1. The number of aromatic amines is 1. The number of hydrogen-bond acceptors (Lipinski definition) is 3. The smallest absolute Gasteiger partial charge is 0.310 e. The van der Waals surface area contributed by atoms with Crippen LogP contribution in [0, 0.1) is 13.8 Å². The normalized spacial score (nSPS) is 11.1. The molecule has 3 rings (SSSR count). The van der Waals surface area contributed by atoms with Crippen molar-refractivity contribution in [3.63, 3.8) is 0 Å². The zero-order chi connectivity index (χ0) is 18.7. The minimum atomic E-state index is -0.197. The molecule has 3 N–H and O–H groups in total. The number of ether oxygens (including phenoxy) is 1. The monoisotopic (exact) mass is 350 g/mol. The van der Waals surface area contributed by atoms with E-state index in [0.717, 1.165) is 28.6 Å². The van der Waals surface area contributed by atoms with Crippen LogP contribution < -0.4 is 5.73 Å². The Morgan fingerprint density at radius 3 is 2.50 bits per heavy atom. The SMILES string of the molecule is CCOC(=O)Cc1ccc2[nH]c(-c3cc(C)cc(C)c3)c(CCN)c2c1. The van der Waals surface area contributed by atoms with Crippen molar-refractivity contribution in [2.45, 2.75) is 33.6 Å². The third kappa shape index (κ3) is 3.81. The molecule has 0 spiro atoms. The average molecular weight is 350 g/mol. The standard InChI is InChI=1S/C22H26N2O2/c1-4-26-21(25)13-16-5-6-20-19(12-16)18(7-8-23)22(24-20)17-10-14(2)9-15(3)11-17/h5-6,9-12,24H,4,7-8,13,23H2,1-3H3. The van der Waals surface area contributed by atoms with Gasteiger partial charge in [0.05, 0.1) is 13.0 Å². The van der Waals surface area contributed by atoms with E-state index in [0.29, 0.717) is 13.2 Å². The van der Waals surface area contributed by atoms with Crippen LogP contribution in [0.25, 0.3) is 22.2 Å². The Bertz CT molecular complexity index is 920. The highest BCUT2D eigenvalue weighted by Gasteiger charge is 2.15. The predicted molar refractivity (Wildman–Crippen MR) is 106 cm³/mol. The first-order valence-corrected chi connectivity index (χ1v) is 9.09. The number of nitrogens with one attached hydrogen (secondary N) is 1. The Kier molecular flexibility index (Phi) is 5.43. The number of hydrogen-bond donors (Lipinski definition) is 2. The number of esters is 1. The minimum Gasteiger partial charge on any atom is -0.466 e. The summed E-state index contributed by atoms with van der Waals surface area (Å²) in [5, 5.41) is 1.13. The summed E-state index contributed by atoms with van der Waals surface area (Å²) < 4.78 is 5.07. The van der Waals surface area contributed by atoms with Gasteiger partial charge in [-0.3, -0.25) is 4.79 Å². The van der Waals surface area contributed by atoms with Gasteiger partial charge in [0.2, 0.25) is 0 Å². The molecular formula is C22H26N2O2. The lowest BCUT2D eigenvalue weighted by atomic mass is 9.98. The number of carbonyl (C=O) groups excluding carboxylic acids is 1. The molecule has 0 amide bonds. The second-order valence-electron chi connectivity index (χ2n) is 6.76. The second-order valence-corrected chi connectivity index (χ2v) is 6.76. The molecule has 3 aromatic rings. The van der Waals surface area contributed by atoms with Crippen LogP contribution in [0.15, 0.2) is 36.4 Å². The Morgan fingerprint density at radius 1 is 1.12 bits per heavy atom. The van der Waals surface area contributed by atoms with E-state index in [1.165, 1.54) is 22.3 Å². The van der Waals surface area contributed by atoms with Gasteiger partial charge in [0, 0.05) is 16.6 Å². The van der Waals surface area contributed by atoms with Crippen molar-refractivity contribution in [3.8, 4) is 11.3 Å². The van der Waals surface area contributed by atoms with E-state index in [2.05, 4.69) is 43.1 Å². The van der Waals surface area contributed by atoms with Crippen molar-refractivity contribution in [1.29, 1.82) is 0 Å². The predicted octanol–water partition coefficient (Wildman–Crippen LogP) is 4.06. The molecule has 0 fully saturated rings. The van der Waals surface area contributed by atoms with Crippen molar-refractivity contribution < 1.29 is 9.53 Å². The van der Waals surface area contributed by atoms with Crippen LogP contribution in [0.4, 0.5) is 0 Å². The quantitative estimate of drug-likeness (QED) is 0.659. The highest BCUT2D eigenvalue weighted by molar-refractivity contribution is 5.92. The number of fused-ring (bicyclic) bond motifs is 1. The number of aryl methyl sites for hydroxylation is 2. The maximum absolute atomic E-state index is 11.8. The fourth-order valence-corrected chi connectivity index (χ4v) is 3.55. The summed E-state index contributed by atoms with van der Waals surface area (Å²) in [6.07, 6.45) is 1.07. The van der Waals surface area contributed by atoms with Gasteiger partial charge in [-0.2, -0.15) is 0 Å². The van der Waals surface area contributed by atoms with Gasteiger partial charge in [-0.15, -0.1) is 0 Å². The van der Waals surface area contributed by atoms with Crippen molar-refractivity contribution >= 4 is 16.9 Å². The largest absolute Gasteiger partial charge is 0.466 e. The number of H-pyrrole nitrogens is 1. The molecule has 0 aliphatic rings. The van der Waals surface area contributed by atoms with E-state index in [-0.39, 0.29) is 12.4 Å². The van der Waals surface area contributed by atoms with Crippen LogP contribution in [0.5, 0.6) is 0 Å². The van der Waals surface area contributed by atoms with Crippen LogP contribution in [0.2, 0.25) is 0 Å². The zero-order valence-corrected chi connectivity index (χ0v) is 15.7. The Morgan fingerprint density at radius 2 is 1.85 bits per heavy atom.